The molecule has 0 saturated carbocycles. The van der Waals surface area contributed by atoms with E-state index in [4.69, 9.17) is 5.73 Å². The molecule has 3 N–H and O–H groups in total. The second-order valence-electron chi connectivity index (χ2n) is 4.78. The molecule has 110 valence electrons. The number of ketones is 1. The summed E-state index contributed by atoms with van der Waals surface area (Å²) in [6, 6.07) is 11.5. The van der Waals surface area contributed by atoms with Gasteiger partial charge in [-0.3, -0.25) is 4.79 Å². The average molecular weight is 304 g/mol. The van der Waals surface area contributed by atoms with Crippen LogP contribution < -0.4 is 11.1 Å². The van der Waals surface area contributed by atoms with Crippen molar-refractivity contribution in [2.24, 2.45) is 0 Å². The predicted molar refractivity (Wildman–Crippen MR) is 83.7 cm³/mol. The lowest BCUT2D eigenvalue weighted by atomic mass is 10.1. The number of nitrogens with two attached hydrogens (primary N) is 1. The fraction of sp³-hybridized carbons (Fsp3) is 0.133. The van der Waals surface area contributed by atoms with E-state index in [0.717, 1.165) is 17.6 Å². The van der Waals surface area contributed by atoms with E-state index < -0.39 is 9.84 Å². The van der Waals surface area contributed by atoms with Crippen LogP contribution in [0.1, 0.15) is 17.3 Å². The lowest BCUT2D eigenvalue weighted by Crippen LogP contribution is -2.01. The van der Waals surface area contributed by atoms with Gasteiger partial charge in [-0.25, -0.2) is 8.42 Å². The monoisotopic (exact) mass is 304 g/mol. The summed E-state index contributed by atoms with van der Waals surface area (Å²) in [5, 5.41) is 3.10. The summed E-state index contributed by atoms with van der Waals surface area (Å²) in [4.78, 5) is 11.6. The number of Topliss-reactive ketones (excluding diaryl/α,β-unsaturated/α-hetero) is 1. The molecule has 0 saturated heterocycles. The van der Waals surface area contributed by atoms with E-state index >= 15 is 0 Å². The molecule has 0 aliphatic heterocycles. The Morgan fingerprint density at radius 1 is 1.05 bits per heavy atom. The molecule has 0 amide bonds. The zero-order valence-electron chi connectivity index (χ0n) is 11.8. The van der Waals surface area contributed by atoms with Crippen LogP contribution in [0.3, 0.4) is 0 Å². The molecule has 2 rings (SSSR count). The van der Waals surface area contributed by atoms with Gasteiger partial charge in [-0.2, -0.15) is 0 Å². The van der Waals surface area contributed by atoms with Crippen LogP contribution in [0, 0.1) is 0 Å². The molecule has 2 aromatic rings. The number of sulfone groups is 1. The highest BCUT2D eigenvalue weighted by Crippen LogP contribution is 2.23. The van der Waals surface area contributed by atoms with Gasteiger partial charge in [0.25, 0.3) is 0 Å². The number of carbonyl (C=O) groups is 1. The summed E-state index contributed by atoms with van der Waals surface area (Å²) < 4.78 is 22.8. The second kappa shape index (κ2) is 5.57. The van der Waals surface area contributed by atoms with Gasteiger partial charge in [-0.15, -0.1) is 0 Å². The van der Waals surface area contributed by atoms with Gasteiger partial charge < -0.3 is 11.1 Å². The van der Waals surface area contributed by atoms with E-state index in [1.165, 1.54) is 19.1 Å². The highest BCUT2D eigenvalue weighted by Gasteiger charge is 2.07. The summed E-state index contributed by atoms with van der Waals surface area (Å²) in [7, 11) is -3.20. The lowest BCUT2D eigenvalue weighted by molar-refractivity contribution is 0.101. The van der Waals surface area contributed by atoms with Crippen LogP contribution in [0.15, 0.2) is 47.4 Å². The highest BCUT2D eigenvalue weighted by atomic mass is 32.2. The number of hydrogen-bond acceptors (Lipinski definition) is 5. The molecule has 21 heavy (non-hydrogen) atoms. The summed E-state index contributed by atoms with van der Waals surface area (Å²) in [6.07, 6.45) is 1.16. The number of rotatable bonds is 4. The number of benzene rings is 2. The Bertz CT molecular complexity index is 781. The molecule has 2 aromatic carbocycles. The van der Waals surface area contributed by atoms with Crippen molar-refractivity contribution < 1.29 is 13.2 Å². The Kier molecular flexibility index (Phi) is 3.99. The smallest absolute Gasteiger partial charge is 0.175 e. The normalized spacial score (nSPS) is 11.1. The fourth-order valence-electron chi connectivity index (χ4n) is 1.91. The molecule has 0 bridgehead atoms. The minimum atomic E-state index is -3.20. The molecule has 0 radical (unpaired) electrons. The van der Waals surface area contributed by atoms with E-state index in [2.05, 4.69) is 5.32 Å². The zero-order valence-corrected chi connectivity index (χ0v) is 12.6. The summed E-state index contributed by atoms with van der Waals surface area (Å²) >= 11 is 0. The molecular weight excluding hydrogens is 288 g/mol. The summed E-state index contributed by atoms with van der Waals surface area (Å²) in [5.41, 5.74) is 8.16. The van der Waals surface area contributed by atoms with Gasteiger partial charge >= 0.3 is 0 Å². The van der Waals surface area contributed by atoms with Gasteiger partial charge in [-0.1, -0.05) is 0 Å². The van der Waals surface area contributed by atoms with Crippen LogP contribution in [-0.4, -0.2) is 20.5 Å². The average Bonchev–Trinajstić information content (AvgIpc) is 2.38. The zero-order chi connectivity index (χ0) is 15.6. The quantitative estimate of drug-likeness (QED) is 0.669. The van der Waals surface area contributed by atoms with Crippen LogP contribution in [0.4, 0.5) is 17.1 Å². The van der Waals surface area contributed by atoms with E-state index in [9.17, 15) is 13.2 Å². The molecule has 0 unspecified atom stereocenters. The fourth-order valence-corrected chi connectivity index (χ4v) is 2.54. The third-order valence-electron chi connectivity index (χ3n) is 3.00. The molecule has 0 atom stereocenters. The second-order valence-corrected chi connectivity index (χ2v) is 6.80. The maximum absolute atomic E-state index is 11.4. The van der Waals surface area contributed by atoms with Gasteiger partial charge in [0.1, 0.15) is 0 Å². The molecule has 0 aliphatic carbocycles. The number of hydrogen-bond donors (Lipinski definition) is 2. The van der Waals surface area contributed by atoms with Crippen LogP contribution in [0.2, 0.25) is 0 Å². The highest BCUT2D eigenvalue weighted by molar-refractivity contribution is 7.90. The first-order valence-electron chi connectivity index (χ1n) is 6.25. The maximum Gasteiger partial charge on any atom is 0.175 e. The van der Waals surface area contributed by atoms with Crippen molar-refractivity contribution in [1.29, 1.82) is 0 Å². The first-order chi connectivity index (χ1) is 9.77. The van der Waals surface area contributed by atoms with E-state index in [0.29, 0.717) is 11.3 Å². The van der Waals surface area contributed by atoms with Crippen molar-refractivity contribution >= 4 is 32.7 Å². The van der Waals surface area contributed by atoms with Gasteiger partial charge in [0.15, 0.2) is 15.6 Å². The van der Waals surface area contributed by atoms with Gasteiger partial charge in [0.05, 0.1) is 4.90 Å². The Hall–Kier alpha value is -2.34. The first kappa shape index (κ1) is 15.1. The number of nitrogens with one attached hydrogen (secondary N) is 1. The van der Waals surface area contributed by atoms with E-state index in [1.807, 2.05) is 0 Å². The van der Waals surface area contributed by atoms with Crippen molar-refractivity contribution in [2.45, 2.75) is 11.8 Å². The molecule has 0 spiro atoms. The maximum atomic E-state index is 11.4. The number of nitrogen functional groups attached to an aromatic ring is 1. The number of carbonyl (C=O) groups excluding carboxylic acids is 1. The predicted octanol–water partition coefficient (Wildman–Crippen LogP) is 2.62. The van der Waals surface area contributed by atoms with Crippen LogP contribution in [-0.2, 0) is 9.84 Å². The molecule has 0 fully saturated rings. The molecule has 0 heterocycles. The largest absolute Gasteiger partial charge is 0.398 e. The van der Waals surface area contributed by atoms with Crippen molar-refractivity contribution in [1.82, 2.24) is 0 Å². The lowest BCUT2D eigenvalue weighted by Gasteiger charge is -2.09. The Morgan fingerprint density at radius 3 is 2.10 bits per heavy atom. The minimum absolute atomic E-state index is 0.0865. The van der Waals surface area contributed by atoms with Gasteiger partial charge in [0, 0.05) is 28.9 Å². The topological polar surface area (TPSA) is 89.3 Å². The van der Waals surface area contributed by atoms with Gasteiger partial charge in [0.2, 0.25) is 0 Å². The molecule has 0 aromatic heterocycles. The summed E-state index contributed by atoms with van der Waals surface area (Å²) in [5.74, 6) is -0.0865. The van der Waals surface area contributed by atoms with Gasteiger partial charge in [-0.05, 0) is 49.4 Å². The molecular formula is C15H16N2O3S. The SMILES string of the molecule is CC(=O)c1ccc(Nc2ccc(S(C)(=O)=O)cc2)cc1N. The Balaban J connectivity index is 2.23. The third-order valence-corrected chi connectivity index (χ3v) is 4.13. The number of anilines is 3. The summed E-state index contributed by atoms with van der Waals surface area (Å²) in [6.45, 7) is 1.46. The van der Waals surface area contributed by atoms with Crippen molar-refractivity contribution in [3.05, 3.63) is 48.0 Å². The van der Waals surface area contributed by atoms with Crippen LogP contribution in [0.25, 0.3) is 0 Å². The molecule has 0 aliphatic rings. The molecule has 5 nitrogen and oxygen atoms in total. The Morgan fingerprint density at radius 2 is 1.62 bits per heavy atom. The first-order valence-corrected chi connectivity index (χ1v) is 8.14. The third kappa shape index (κ3) is 3.61. The minimum Gasteiger partial charge on any atom is -0.398 e. The van der Waals surface area contributed by atoms with Crippen LogP contribution in [0.5, 0.6) is 0 Å². The van der Waals surface area contributed by atoms with Crippen molar-refractivity contribution in [3.8, 4) is 0 Å². The standard InChI is InChI=1S/C15H16N2O3S/c1-10(18)14-8-5-12(9-15(14)16)17-11-3-6-13(7-4-11)21(2,19)20/h3-9,17H,16H2,1-2H3. The molecule has 6 heteroatoms. The van der Waals surface area contributed by atoms with Crippen LogP contribution >= 0.6 is 0 Å². The van der Waals surface area contributed by atoms with Crippen molar-refractivity contribution in [2.75, 3.05) is 17.3 Å². The van der Waals surface area contributed by atoms with E-state index in [-0.39, 0.29) is 10.7 Å². The Labute approximate surface area is 123 Å². The van der Waals surface area contributed by atoms with E-state index in [1.54, 1.807) is 30.3 Å². The van der Waals surface area contributed by atoms with Crippen molar-refractivity contribution in [3.63, 3.8) is 0 Å².